The molecule has 1 unspecified atom stereocenters. The molecule has 0 radical (unpaired) electrons. The number of benzene rings is 1. The second-order valence-electron chi connectivity index (χ2n) is 5.34. The maximum Gasteiger partial charge on any atom is 0.241 e. The van der Waals surface area contributed by atoms with E-state index in [-0.39, 0.29) is 5.91 Å². The Balaban J connectivity index is 2.23. The van der Waals surface area contributed by atoms with Crippen molar-refractivity contribution in [1.29, 1.82) is 0 Å². The van der Waals surface area contributed by atoms with Crippen molar-refractivity contribution in [3.05, 3.63) is 41.7 Å². The third kappa shape index (κ3) is 4.06. The van der Waals surface area contributed by atoms with Gasteiger partial charge < -0.3 is 11.1 Å². The molecular weight excluding hydrogens is 288 g/mol. The van der Waals surface area contributed by atoms with Crippen molar-refractivity contribution in [2.75, 3.05) is 5.32 Å². The smallest absolute Gasteiger partial charge is 0.241 e. The molecule has 0 saturated heterocycles. The molecule has 0 aliphatic carbocycles. The zero-order chi connectivity index (χ0) is 15.4. The molecule has 0 aliphatic rings. The van der Waals surface area contributed by atoms with Crippen LogP contribution >= 0.6 is 11.6 Å². The average molecular weight is 307 g/mol. The lowest BCUT2D eigenvalue weighted by Gasteiger charge is -2.16. The van der Waals surface area contributed by atoms with Crippen molar-refractivity contribution in [2.24, 2.45) is 11.7 Å². The van der Waals surface area contributed by atoms with Gasteiger partial charge in [0.25, 0.3) is 0 Å². The largest absolute Gasteiger partial charge is 0.323 e. The first-order valence-electron chi connectivity index (χ1n) is 6.83. The van der Waals surface area contributed by atoms with E-state index in [0.717, 1.165) is 5.69 Å². The monoisotopic (exact) mass is 306 g/mol. The SMILES string of the molecule is CC(C)CC(N)C(=O)Nc1cc(Cl)ccc1-n1cccn1. The molecule has 2 rings (SSSR count). The Hall–Kier alpha value is -1.85. The number of nitrogens with one attached hydrogen (secondary N) is 1. The number of amides is 1. The Kier molecular flexibility index (Phi) is 4.98. The predicted molar refractivity (Wildman–Crippen MR) is 84.6 cm³/mol. The third-order valence-corrected chi connectivity index (χ3v) is 3.26. The van der Waals surface area contributed by atoms with Crippen LogP contribution in [0.25, 0.3) is 5.69 Å². The van der Waals surface area contributed by atoms with Crippen LogP contribution < -0.4 is 11.1 Å². The summed E-state index contributed by atoms with van der Waals surface area (Å²) in [6.45, 7) is 4.06. The highest BCUT2D eigenvalue weighted by molar-refractivity contribution is 6.31. The molecule has 6 heteroatoms. The molecular formula is C15H19ClN4O. The summed E-state index contributed by atoms with van der Waals surface area (Å²) in [7, 11) is 0. The minimum absolute atomic E-state index is 0.223. The van der Waals surface area contributed by atoms with Gasteiger partial charge in [0, 0.05) is 17.4 Å². The molecule has 0 bridgehead atoms. The van der Waals surface area contributed by atoms with Gasteiger partial charge in [0.05, 0.1) is 17.4 Å². The number of hydrogen-bond acceptors (Lipinski definition) is 3. The quantitative estimate of drug-likeness (QED) is 0.892. The van der Waals surface area contributed by atoms with Gasteiger partial charge in [-0.05, 0) is 36.6 Å². The minimum Gasteiger partial charge on any atom is -0.323 e. The van der Waals surface area contributed by atoms with Crippen molar-refractivity contribution in [3.63, 3.8) is 0 Å². The van der Waals surface area contributed by atoms with Crippen LogP contribution in [0.15, 0.2) is 36.7 Å². The maximum absolute atomic E-state index is 12.2. The van der Waals surface area contributed by atoms with E-state index >= 15 is 0 Å². The van der Waals surface area contributed by atoms with Gasteiger partial charge in [0.1, 0.15) is 0 Å². The van der Waals surface area contributed by atoms with Gasteiger partial charge in [-0.3, -0.25) is 4.79 Å². The Morgan fingerprint density at radius 1 is 1.48 bits per heavy atom. The Morgan fingerprint density at radius 3 is 2.86 bits per heavy atom. The number of carbonyl (C=O) groups is 1. The molecule has 112 valence electrons. The number of anilines is 1. The van der Waals surface area contributed by atoms with E-state index in [9.17, 15) is 4.79 Å². The number of carbonyl (C=O) groups excluding carboxylic acids is 1. The summed E-state index contributed by atoms with van der Waals surface area (Å²) < 4.78 is 1.67. The van der Waals surface area contributed by atoms with Crippen LogP contribution in [-0.4, -0.2) is 21.7 Å². The van der Waals surface area contributed by atoms with E-state index in [0.29, 0.717) is 23.0 Å². The fraction of sp³-hybridized carbons (Fsp3) is 0.333. The second kappa shape index (κ2) is 6.74. The van der Waals surface area contributed by atoms with Crippen LogP contribution in [0.4, 0.5) is 5.69 Å². The lowest BCUT2D eigenvalue weighted by molar-refractivity contribution is -0.117. The molecule has 1 heterocycles. The molecule has 1 amide bonds. The van der Waals surface area contributed by atoms with Crippen LogP contribution in [0.3, 0.4) is 0 Å². The first-order valence-corrected chi connectivity index (χ1v) is 7.21. The van der Waals surface area contributed by atoms with E-state index < -0.39 is 6.04 Å². The van der Waals surface area contributed by atoms with Gasteiger partial charge in [-0.1, -0.05) is 25.4 Å². The summed E-state index contributed by atoms with van der Waals surface area (Å²) in [4.78, 5) is 12.2. The molecule has 0 fully saturated rings. The van der Waals surface area contributed by atoms with Gasteiger partial charge in [-0.25, -0.2) is 4.68 Å². The van der Waals surface area contributed by atoms with E-state index in [1.54, 1.807) is 35.3 Å². The van der Waals surface area contributed by atoms with Gasteiger partial charge in [-0.15, -0.1) is 0 Å². The minimum atomic E-state index is -0.547. The van der Waals surface area contributed by atoms with Gasteiger partial charge in [-0.2, -0.15) is 5.10 Å². The van der Waals surface area contributed by atoms with Crippen molar-refractivity contribution in [1.82, 2.24) is 9.78 Å². The molecule has 2 aromatic rings. The van der Waals surface area contributed by atoms with Gasteiger partial charge in [0.2, 0.25) is 5.91 Å². The van der Waals surface area contributed by atoms with E-state index in [4.69, 9.17) is 17.3 Å². The second-order valence-corrected chi connectivity index (χ2v) is 5.77. The first-order chi connectivity index (χ1) is 9.97. The van der Waals surface area contributed by atoms with Crippen LogP contribution in [0, 0.1) is 5.92 Å². The fourth-order valence-corrected chi connectivity index (χ4v) is 2.23. The summed E-state index contributed by atoms with van der Waals surface area (Å²) in [5.74, 6) is 0.134. The number of rotatable bonds is 5. The van der Waals surface area contributed by atoms with Crippen LogP contribution in [0.1, 0.15) is 20.3 Å². The molecule has 0 saturated carbocycles. The predicted octanol–water partition coefficient (Wildman–Crippen LogP) is 2.84. The number of nitrogens with two attached hydrogens (primary N) is 1. The van der Waals surface area contributed by atoms with E-state index in [1.165, 1.54) is 0 Å². The lowest BCUT2D eigenvalue weighted by atomic mass is 10.0. The highest BCUT2D eigenvalue weighted by Gasteiger charge is 2.17. The Bertz CT molecular complexity index is 610. The molecule has 1 aromatic carbocycles. The van der Waals surface area contributed by atoms with Crippen molar-refractivity contribution in [3.8, 4) is 5.69 Å². The molecule has 3 N–H and O–H groups in total. The molecule has 0 spiro atoms. The standard InChI is InChI=1S/C15H19ClN4O/c1-10(2)8-12(17)15(21)19-13-9-11(16)4-5-14(13)20-7-3-6-18-20/h3-7,9-10,12H,8,17H2,1-2H3,(H,19,21). The summed E-state index contributed by atoms with van der Waals surface area (Å²) in [5.41, 5.74) is 7.24. The maximum atomic E-state index is 12.2. The van der Waals surface area contributed by atoms with Gasteiger partial charge >= 0.3 is 0 Å². The topological polar surface area (TPSA) is 72.9 Å². The number of aromatic nitrogens is 2. The number of hydrogen-bond donors (Lipinski definition) is 2. The summed E-state index contributed by atoms with van der Waals surface area (Å²) in [6, 6.07) is 6.51. The molecule has 1 aromatic heterocycles. The molecule has 5 nitrogen and oxygen atoms in total. The van der Waals surface area contributed by atoms with Crippen LogP contribution in [0.5, 0.6) is 0 Å². The Morgan fingerprint density at radius 2 is 2.24 bits per heavy atom. The van der Waals surface area contributed by atoms with Gasteiger partial charge in [0.15, 0.2) is 0 Å². The highest BCUT2D eigenvalue weighted by atomic mass is 35.5. The number of nitrogens with zero attached hydrogens (tertiary/aromatic N) is 2. The zero-order valence-corrected chi connectivity index (χ0v) is 12.8. The summed E-state index contributed by atoms with van der Waals surface area (Å²) >= 11 is 6.01. The summed E-state index contributed by atoms with van der Waals surface area (Å²) in [5, 5.41) is 7.54. The van der Waals surface area contributed by atoms with Crippen molar-refractivity contribution < 1.29 is 4.79 Å². The summed E-state index contributed by atoms with van der Waals surface area (Å²) in [6.07, 6.45) is 4.10. The molecule has 0 aliphatic heterocycles. The van der Waals surface area contributed by atoms with Crippen molar-refractivity contribution in [2.45, 2.75) is 26.3 Å². The number of halogens is 1. The molecule has 21 heavy (non-hydrogen) atoms. The molecule has 1 atom stereocenters. The van der Waals surface area contributed by atoms with Crippen LogP contribution in [0.2, 0.25) is 5.02 Å². The third-order valence-electron chi connectivity index (χ3n) is 3.03. The zero-order valence-electron chi connectivity index (χ0n) is 12.1. The highest BCUT2D eigenvalue weighted by Crippen LogP contribution is 2.24. The van der Waals surface area contributed by atoms with E-state index in [1.807, 2.05) is 19.9 Å². The first kappa shape index (κ1) is 15.5. The lowest BCUT2D eigenvalue weighted by Crippen LogP contribution is -2.36. The van der Waals surface area contributed by atoms with Crippen molar-refractivity contribution >= 4 is 23.2 Å². The fourth-order valence-electron chi connectivity index (χ4n) is 2.06. The Labute approximate surface area is 129 Å². The van der Waals surface area contributed by atoms with E-state index in [2.05, 4.69) is 10.4 Å². The average Bonchev–Trinajstić information content (AvgIpc) is 2.91. The van der Waals surface area contributed by atoms with Crippen LogP contribution in [-0.2, 0) is 4.79 Å². The normalized spacial score (nSPS) is 12.4.